The van der Waals surface area contributed by atoms with Gasteiger partial charge in [-0.2, -0.15) is 0 Å². The fourth-order valence-corrected chi connectivity index (χ4v) is 4.64. The highest BCUT2D eigenvalue weighted by atomic mass is 127. The largest absolute Gasteiger partial charge is 0.357 e. The first kappa shape index (κ1) is 22.8. The van der Waals surface area contributed by atoms with Gasteiger partial charge in [0.25, 0.3) is 0 Å². The molecule has 0 radical (unpaired) electrons. The maximum absolute atomic E-state index is 4.88. The highest BCUT2D eigenvalue weighted by Crippen LogP contribution is 2.51. The molecule has 0 amide bonds. The number of unbranched alkanes of at least 4 members (excludes halogenated alkanes) is 1. The van der Waals surface area contributed by atoms with Crippen molar-refractivity contribution < 1.29 is 0 Å². The second-order valence-electron chi connectivity index (χ2n) is 7.48. The molecule has 1 aromatic rings. The SMILES string of the molecule is CCNC(=NCC1(Sc2ccccc2)CC1)NCCCCN1CCCC1.I. The molecular weight excluding hydrogens is 467 g/mol. The summed E-state index contributed by atoms with van der Waals surface area (Å²) in [5, 5.41) is 6.92. The molecule has 1 saturated carbocycles. The van der Waals surface area contributed by atoms with E-state index in [1.165, 1.54) is 63.1 Å². The molecule has 2 fully saturated rings. The van der Waals surface area contributed by atoms with E-state index in [4.69, 9.17) is 4.99 Å². The van der Waals surface area contributed by atoms with Crippen LogP contribution in [0.3, 0.4) is 0 Å². The van der Waals surface area contributed by atoms with E-state index in [0.29, 0.717) is 4.75 Å². The molecule has 0 atom stereocenters. The lowest BCUT2D eigenvalue weighted by molar-refractivity contribution is 0.330. The predicted octanol–water partition coefficient (Wildman–Crippen LogP) is 4.36. The van der Waals surface area contributed by atoms with E-state index < -0.39 is 0 Å². The van der Waals surface area contributed by atoms with Crippen LogP contribution in [-0.2, 0) is 0 Å². The zero-order valence-corrected chi connectivity index (χ0v) is 19.7. The lowest BCUT2D eigenvalue weighted by Gasteiger charge is -2.16. The van der Waals surface area contributed by atoms with Crippen LogP contribution in [-0.4, -0.2) is 54.9 Å². The third-order valence-electron chi connectivity index (χ3n) is 5.15. The van der Waals surface area contributed by atoms with Gasteiger partial charge >= 0.3 is 0 Å². The molecule has 0 spiro atoms. The molecule has 3 rings (SSSR count). The lowest BCUT2D eigenvalue weighted by Crippen LogP contribution is -2.38. The van der Waals surface area contributed by atoms with Crippen molar-refractivity contribution in [2.24, 2.45) is 4.99 Å². The molecule has 0 bridgehead atoms. The van der Waals surface area contributed by atoms with Gasteiger partial charge in [-0.3, -0.25) is 4.99 Å². The summed E-state index contributed by atoms with van der Waals surface area (Å²) in [6, 6.07) is 10.7. The van der Waals surface area contributed by atoms with E-state index >= 15 is 0 Å². The van der Waals surface area contributed by atoms with Crippen LogP contribution in [0.1, 0.15) is 45.4 Å². The molecular formula is C21H35IN4S. The number of hydrogen-bond acceptors (Lipinski definition) is 3. The van der Waals surface area contributed by atoms with Gasteiger partial charge in [0.15, 0.2) is 5.96 Å². The number of rotatable bonds is 10. The Morgan fingerprint density at radius 1 is 1.11 bits per heavy atom. The van der Waals surface area contributed by atoms with Crippen LogP contribution in [0, 0.1) is 0 Å². The molecule has 0 aromatic heterocycles. The molecule has 1 aliphatic heterocycles. The van der Waals surface area contributed by atoms with Gasteiger partial charge in [-0.05, 0) is 77.2 Å². The van der Waals surface area contributed by atoms with Crippen molar-refractivity contribution in [2.45, 2.75) is 55.1 Å². The Hall–Kier alpha value is -0.470. The number of nitrogens with one attached hydrogen (secondary N) is 2. The molecule has 27 heavy (non-hydrogen) atoms. The van der Waals surface area contributed by atoms with Crippen molar-refractivity contribution in [1.82, 2.24) is 15.5 Å². The Morgan fingerprint density at radius 2 is 1.85 bits per heavy atom. The van der Waals surface area contributed by atoms with Crippen LogP contribution in [0.2, 0.25) is 0 Å². The summed E-state index contributed by atoms with van der Waals surface area (Å²) in [4.78, 5) is 8.84. The van der Waals surface area contributed by atoms with E-state index in [1.54, 1.807) is 0 Å². The van der Waals surface area contributed by atoms with Crippen molar-refractivity contribution >= 4 is 41.7 Å². The van der Waals surface area contributed by atoms with Gasteiger partial charge in [0.2, 0.25) is 0 Å². The van der Waals surface area contributed by atoms with Crippen LogP contribution in [0.25, 0.3) is 0 Å². The maximum Gasteiger partial charge on any atom is 0.191 e. The van der Waals surface area contributed by atoms with Crippen molar-refractivity contribution in [1.29, 1.82) is 0 Å². The second-order valence-corrected chi connectivity index (χ2v) is 9.02. The fourth-order valence-electron chi connectivity index (χ4n) is 3.41. The fraction of sp³-hybridized carbons (Fsp3) is 0.667. The predicted molar refractivity (Wildman–Crippen MR) is 129 cm³/mol. The van der Waals surface area contributed by atoms with Crippen molar-refractivity contribution in [3.63, 3.8) is 0 Å². The number of hydrogen-bond donors (Lipinski definition) is 2. The van der Waals surface area contributed by atoms with Crippen LogP contribution in [0.5, 0.6) is 0 Å². The molecule has 2 aliphatic rings. The van der Waals surface area contributed by atoms with Gasteiger partial charge in [-0.1, -0.05) is 18.2 Å². The number of likely N-dealkylation sites (tertiary alicyclic amines) is 1. The molecule has 0 unspecified atom stereocenters. The monoisotopic (exact) mass is 502 g/mol. The van der Waals surface area contributed by atoms with Crippen LogP contribution < -0.4 is 10.6 Å². The Labute approximate surface area is 186 Å². The Morgan fingerprint density at radius 3 is 2.52 bits per heavy atom. The zero-order chi connectivity index (χ0) is 18.1. The summed E-state index contributed by atoms with van der Waals surface area (Å²) >= 11 is 1.99. The summed E-state index contributed by atoms with van der Waals surface area (Å²) in [5.74, 6) is 0.980. The first-order chi connectivity index (χ1) is 12.8. The Bertz CT molecular complexity index is 557. The minimum Gasteiger partial charge on any atom is -0.357 e. The van der Waals surface area contributed by atoms with Crippen molar-refractivity contribution in [3.05, 3.63) is 30.3 Å². The van der Waals surface area contributed by atoms with E-state index in [1.807, 2.05) is 11.8 Å². The zero-order valence-electron chi connectivity index (χ0n) is 16.6. The molecule has 6 heteroatoms. The highest BCUT2D eigenvalue weighted by molar-refractivity contribution is 14.0. The van der Waals surface area contributed by atoms with Crippen LogP contribution in [0.4, 0.5) is 0 Å². The molecule has 2 N–H and O–H groups in total. The van der Waals surface area contributed by atoms with Gasteiger partial charge < -0.3 is 15.5 Å². The molecule has 1 heterocycles. The van der Waals surface area contributed by atoms with Gasteiger partial charge in [0.1, 0.15) is 0 Å². The minimum atomic E-state index is 0. The van der Waals surface area contributed by atoms with E-state index in [0.717, 1.165) is 25.6 Å². The molecule has 4 nitrogen and oxygen atoms in total. The standard InChI is InChI=1S/C21H34N4S.HI/c1-2-22-20(23-14-6-7-15-25-16-8-9-17-25)24-18-21(12-13-21)26-19-10-4-3-5-11-19;/h3-5,10-11H,2,6-9,12-18H2,1H3,(H2,22,23,24);1H. The average molecular weight is 503 g/mol. The highest BCUT2D eigenvalue weighted by Gasteiger charge is 2.43. The normalized spacial score (nSPS) is 18.8. The Kier molecular flexibility index (Phi) is 10.3. The first-order valence-electron chi connectivity index (χ1n) is 10.3. The topological polar surface area (TPSA) is 39.7 Å². The summed E-state index contributed by atoms with van der Waals surface area (Å²) in [6.07, 6.45) is 7.80. The third kappa shape index (κ3) is 8.20. The first-order valence-corrected chi connectivity index (χ1v) is 11.1. The number of aliphatic imine (C=N–C) groups is 1. The van der Waals surface area contributed by atoms with Crippen LogP contribution in [0.15, 0.2) is 40.2 Å². The van der Waals surface area contributed by atoms with Gasteiger partial charge in [-0.15, -0.1) is 35.7 Å². The van der Waals surface area contributed by atoms with Crippen LogP contribution >= 0.6 is 35.7 Å². The molecule has 1 aromatic carbocycles. The van der Waals surface area contributed by atoms with E-state index in [-0.39, 0.29) is 24.0 Å². The number of nitrogens with zero attached hydrogens (tertiary/aromatic N) is 2. The number of benzene rings is 1. The van der Waals surface area contributed by atoms with Crippen molar-refractivity contribution in [2.75, 3.05) is 39.3 Å². The molecule has 1 aliphatic carbocycles. The van der Waals surface area contributed by atoms with E-state index in [9.17, 15) is 0 Å². The van der Waals surface area contributed by atoms with Gasteiger partial charge in [-0.25, -0.2) is 0 Å². The maximum atomic E-state index is 4.88. The van der Waals surface area contributed by atoms with Gasteiger partial charge in [0.05, 0.1) is 6.54 Å². The number of thioether (sulfide) groups is 1. The smallest absolute Gasteiger partial charge is 0.191 e. The Balaban J connectivity index is 0.00000261. The minimum absolute atomic E-state index is 0. The second kappa shape index (κ2) is 12.2. The number of halogens is 1. The number of guanidine groups is 1. The van der Waals surface area contributed by atoms with Gasteiger partial charge in [0, 0.05) is 22.7 Å². The van der Waals surface area contributed by atoms with E-state index in [2.05, 4.69) is 52.8 Å². The summed E-state index contributed by atoms with van der Waals surface area (Å²) in [6.45, 7) is 8.83. The lowest BCUT2D eigenvalue weighted by atomic mass is 10.3. The molecule has 1 saturated heterocycles. The van der Waals surface area contributed by atoms with Crippen molar-refractivity contribution in [3.8, 4) is 0 Å². The third-order valence-corrected chi connectivity index (χ3v) is 6.63. The summed E-state index contributed by atoms with van der Waals surface area (Å²) < 4.78 is 0.319. The summed E-state index contributed by atoms with van der Waals surface area (Å²) in [7, 11) is 0. The summed E-state index contributed by atoms with van der Waals surface area (Å²) in [5.41, 5.74) is 0. The molecule has 152 valence electrons. The average Bonchev–Trinajstić information content (AvgIpc) is 3.21. The quantitative estimate of drug-likeness (QED) is 0.216.